The van der Waals surface area contributed by atoms with Crippen molar-refractivity contribution < 1.29 is 22.7 Å². The van der Waals surface area contributed by atoms with Gasteiger partial charge in [-0.3, -0.25) is 4.79 Å². The molecule has 136 valence electrons. The monoisotopic (exact) mass is 360 g/mol. The summed E-state index contributed by atoms with van der Waals surface area (Å²) in [5.41, 5.74) is 2.01. The van der Waals surface area contributed by atoms with Gasteiger partial charge < -0.3 is 18.6 Å². The highest BCUT2D eigenvalue weighted by Crippen LogP contribution is 2.26. The number of carbonyl (C=O) groups excluding carboxylic acids is 1. The average molecular weight is 360 g/mol. The van der Waals surface area contributed by atoms with Gasteiger partial charge in [0.2, 0.25) is 0 Å². The number of amides is 1. The van der Waals surface area contributed by atoms with Crippen LogP contribution in [0.25, 0.3) is 11.1 Å². The second-order valence-electron chi connectivity index (χ2n) is 6.36. The number of furan rings is 1. The number of ether oxygens (including phenoxy) is 1. The normalized spacial score (nSPS) is 15.0. The van der Waals surface area contributed by atoms with Crippen LogP contribution in [-0.2, 0) is 11.3 Å². The number of halogens is 2. The molecule has 0 aliphatic carbocycles. The first-order chi connectivity index (χ1) is 12.5. The highest BCUT2D eigenvalue weighted by atomic mass is 19.1. The zero-order valence-electron chi connectivity index (χ0n) is 14.3. The third-order valence-corrected chi connectivity index (χ3v) is 4.57. The quantitative estimate of drug-likeness (QED) is 0.720. The van der Waals surface area contributed by atoms with Crippen molar-refractivity contribution in [2.75, 3.05) is 26.3 Å². The van der Waals surface area contributed by atoms with Crippen molar-refractivity contribution >= 4 is 17.0 Å². The summed E-state index contributed by atoms with van der Waals surface area (Å²) in [6.45, 7) is 3.93. The summed E-state index contributed by atoms with van der Waals surface area (Å²) in [6.07, 6.45) is 0. The van der Waals surface area contributed by atoms with Crippen LogP contribution in [0.5, 0.6) is 0 Å². The molecular weight excluding hydrogens is 342 g/mol. The smallest absolute Gasteiger partial charge is 0.270 e. The molecule has 7 heteroatoms. The predicted molar refractivity (Wildman–Crippen MR) is 91.1 cm³/mol. The summed E-state index contributed by atoms with van der Waals surface area (Å²) in [5.74, 6) is -0.724. The standard InChI is InChI=1S/C19H18F2N2O3/c1-12-8-16-18(26-12)10-17(19(24)22-4-6-25-7-5-22)23(16)11-13-2-3-14(20)9-15(13)21/h2-3,8-10H,4-7,11H2,1H3. The van der Waals surface area contributed by atoms with Crippen molar-refractivity contribution in [1.82, 2.24) is 9.47 Å². The van der Waals surface area contributed by atoms with Crippen LogP contribution in [0, 0.1) is 18.6 Å². The number of hydrogen-bond acceptors (Lipinski definition) is 3. The number of aryl methyl sites for hydroxylation is 1. The number of benzene rings is 1. The van der Waals surface area contributed by atoms with Gasteiger partial charge in [0.1, 0.15) is 23.1 Å². The van der Waals surface area contributed by atoms with Crippen LogP contribution >= 0.6 is 0 Å². The van der Waals surface area contributed by atoms with Crippen molar-refractivity contribution in [3.8, 4) is 0 Å². The second kappa shape index (κ2) is 6.57. The van der Waals surface area contributed by atoms with Crippen LogP contribution in [-0.4, -0.2) is 41.7 Å². The van der Waals surface area contributed by atoms with Crippen LogP contribution in [0.15, 0.2) is 34.7 Å². The Labute approximate surface area is 148 Å². The fourth-order valence-electron chi connectivity index (χ4n) is 3.26. The van der Waals surface area contributed by atoms with Gasteiger partial charge in [-0.05, 0) is 13.0 Å². The van der Waals surface area contributed by atoms with Crippen LogP contribution in [0.4, 0.5) is 8.78 Å². The van der Waals surface area contributed by atoms with E-state index in [1.165, 1.54) is 12.1 Å². The van der Waals surface area contributed by atoms with E-state index in [1.807, 2.05) is 13.0 Å². The van der Waals surface area contributed by atoms with E-state index in [1.54, 1.807) is 15.5 Å². The maximum absolute atomic E-state index is 14.1. The van der Waals surface area contributed by atoms with E-state index in [4.69, 9.17) is 9.15 Å². The zero-order valence-corrected chi connectivity index (χ0v) is 14.3. The van der Waals surface area contributed by atoms with Gasteiger partial charge in [-0.25, -0.2) is 8.78 Å². The van der Waals surface area contributed by atoms with Gasteiger partial charge in [-0.2, -0.15) is 0 Å². The van der Waals surface area contributed by atoms with Crippen molar-refractivity contribution in [2.24, 2.45) is 0 Å². The minimum Gasteiger partial charge on any atom is -0.460 e. The molecule has 1 fully saturated rings. The Morgan fingerprint density at radius 1 is 1.15 bits per heavy atom. The van der Waals surface area contributed by atoms with Gasteiger partial charge >= 0.3 is 0 Å². The third kappa shape index (κ3) is 2.99. The largest absolute Gasteiger partial charge is 0.460 e. The number of carbonyl (C=O) groups is 1. The molecule has 0 radical (unpaired) electrons. The highest BCUT2D eigenvalue weighted by Gasteiger charge is 2.25. The molecule has 0 spiro atoms. The lowest BCUT2D eigenvalue weighted by Crippen LogP contribution is -2.41. The molecule has 3 heterocycles. The van der Waals surface area contributed by atoms with Gasteiger partial charge in [-0.1, -0.05) is 6.07 Å². The van der Waals surface area contributed by atoms with Gasteiger partial charge in [0.15, 0.2) is 5.58 Å². The lowest BCUT2D eigenvalue weighted by molar-refractivity contribution is 0.0296. The lowest BCUT2D eigenvalue weighted by Gasteiger charge is -2.27. The number of morpholine rings is 1. The molecule has 0 unspecified atom stereocenters. The molecule has 1 aliphatic heterocycles. The molecule has 5 nitrogen and oxygen atoms in total. The average Bonchev–Trinajstić information content (AvgIpc) is 3.14. The molecule has 3 aromatic rings. The molecule has 4 rings (SSSR count). The van der Waals surface area contributed by atoms with Crippen LogP contribution < -0.4 is 0 Å². The van der Waals surface area contributed by atoms with Gasteiger partial charge in [0, 0.05) is 36.9 Å². The third-order valence-electron chi connectivity index (χ3n) is 4.57. The molecule has 26 heavy (non-hydrogen) atoms. The first-order valence-corrected chi connectivity index (χ1v) is 8.43. The topological polar surface area (TPSA) is 47.6 Å². The molecule has 2 aromatic heterocycles. The first-order valence-electron chi connectivity index (χ1n) is 8.43. The Hall–Kier alpha value is -2.67. The Morgan fingerprint density at radius 3 is 2.65 bits per heavy atom. The molecular formula is C19H18F2N2O3. The van der Waals surface area contributed by atoms with Crippen molar-refractivity contribution in [2.45, 2.75) is 13.5 Å². The Balaban J connectivity index is 1.76. The van der Waals surface area contributed by atoms with E-state index in [2.05, 4.69) is 0 Å². The fourth-order valence-corrected chi connectivity index (χ4v) is 3.26. The van der Waals surface area contributed by atoms with Crippen LogP contribution in [0.2, 0.25) is 0 Å². The highest BCUT2D eigenvalue weighted by molar-refractivity contribution is 5.97. The number of aromatic nitrogens is 1. The van der Waals surface area contributed by atoms with Crippen LogP contribution in [0.3, 0.4) is 0 Å². The maximum Gasteiger partial charge on any atom is 0.270 e. The number of hydrogen-bond donors (Lipinski definition) is 0. The molecule has 1 saturated heterocycles. The van der Waals surface area contributed by atoms with Crippen molar-refractivity contribution in [1.29, 1.82) is 0 Å². The van der Waals surface area contributed by atoms with Gasteiger partial charge in [0.25, 0.3) is 5.91 Å². The maximum atomic E-state index is 14.1. The van der Waals surface area contributed by atoms with Crippen LogP contribution in [0.1, 0.15) is 21.8 Å². The Bertz CT molecular complexity index is 971. The van der Waals surface area contributed by atoms with E-state index in [9.17, 15) is 13.6 Å². The summed E-state index contributed by atoms with van der Waals surface area (Å²) in [4.78, 5) is 14.7. The fraction of sp³-hybridized carbons (Fsp3) is 0.316. The second-order valence-corrected chi connectivity index (χ2v) is 6.36. The summed E-state index contributed by atoms with van der Waals surface area (Å²) in [5, 5.41) is 0. The Morgan fingerprint density at radius 2 is 1.92 bits per heavy atom. The molecule has 0 bridgehead atoms. The molecule has 1 amide bonds. The summed E-state index contributed by atoms with van der Waals surface area (Å²) < 4.78 is 40.0. The Kier molecular flexibility index (Phi) is 4.24. The van der Waals surface area contributed by atoms with E-state index in [0.29, 0.717) is 54.4 Å². The molecule has 0 saturated carbocycles. The van der Waals surface area contributed by atoms with E-state index < -0.39 is 11.6 Å². The minimum atomic E-state index is -0.642. The SMILES string of the molecule is Cc1cc2c(cc(C(=O)N3CCOCC3)n2Cc2ccc(F)cc2F)o1. The molecule has 0 atom stereocenters. The van der Waals surface area contributed by atoms with Crippen molar-refractivity contribution in [3.05, 3.63) is 59.0 Å². The molecule has 0 N–H and O–H groups in total. The summed E-state index contributed by atoms with van der Waals surface area (Å²) >= 11 is 0. The van der Waals surface area contributed by atoms with Gasteiger partial charge in [0.05, 0.1) is 25.3 Å². The minimum absolute atomic E-state index is 0.111. The number of nitrogens with zero attached hydrogens (tertiary/aromatic N) is 2. The van der Waals surface area contributed by atoms with Crippen molar-refractivity contribution in [3.63, 3.8) is 0 Å². The van der Waals surface area contributed by atoms with E-state index in [0.717, 1.165) is 6.07 Å². The predicted octanol–water partition coefficient (Wildman–Crippen LogP) is 3.34. The number of fused-ring (bicyclic) bond motifs is 1. The summed E-state index contributed by atoms with van der Waals surface area (Å²) in [7, 11) is 0. The number of rotatable bonds is 3. The van der Waals surface area contributed by atoms with E-state index >= 15 is 0 Å². The summed E-state index contributed by atoms with van der Waals surface area (Å²) in [6, 6.07) is 6.95. The van der Waals surface area contributed by atoms with Gasteiger partial charge in [-0.15, -0.1) is 0 Å². The lowest BCUT2D eigenvalue weighted by atomic mass is 10.2. The van der Waals surface area contributed by atoms with E-state index in [-0.39, 0.29) is 12.5 Å². The first kappa shape index (κ1) is 16.8. The molecule has 1 aromatic carbocycles. The zero-order chi connectivity index (χ0) is 18.3. The molecule has 1 aliphatic rings.